The Balaban J connectivity index is 1.57. The zero-order valence-corrected chi connectivity index (χ0v) is 13.7. The summed E-state index contributed by atoms with van der Waals surface area (Å²) in [5.41, 5.74) is 1.51. The second kappa shape index (κ2) is 6.84. The molecule has 0 spiro atoms. The maximum absolute atomic E-state index is 12.9. The van der Waals surface area contributed by atoms with Crippen molar-refractivity contribution >= 4 is 17.7 Å². The molecule has 3 amide bonds. The van der Waals surface area contributed by atoms with Gasteiger partial charge < -0.3 is 5.32 Å². The van der Waals surface area contributed by atoms with Crippen molar-refractivity contribution in [3.63, 3.8) is 0 Å². The molecule has 1 heterocycles. The molecular formula is C19H17FN2O3. The highest BCUT2D eigenvalue weighted by Crippen LogP contribution is 2.22. The third-order valence-electron chi connectivity index (χ3n) is 4.19. The largest absolute Gasteiger partial charge is 0.350 e. The summed E-state index contributed by atoms with van der Waals surface area (Å²) in [6.07, 6.45) is 0.0109. The van der Waals surface area contributed by atoms with Crippen LogP contribution in [0.15, 0.2) is 48.5 Å². The van der Waals surface area contributed by atoms with Crippen molar-refractivity contribution in [2.24, 2.45) is 0 Å². The average Bonchev–Trinajstić information content (AvgIpc) is 2.85. The van der Waals surface area contributed by atoms with Gasteiger partial charge in [-0.05, 0) is 36.8 Å². The molecule has 0 saturated carbocycles. The van der Waals surface area contributed by atoms with E-state index in [1.54, 1.807) is 43.3 Å². The van der Waals surface area contributed by atoms with Crippen molar-refractivity contribution in [2.75, 3.05) is 6.54 Å². The van der Waals surface area contributed by atoms with E-state index >= 15 is 0 Å². The average molecular weight is 340 g/mol. The summed E-state index contributed by atoms with van der Waals surface area (Å²) in [5.74, 6) is -1.37. The van der Waals surface area contributed by atoms with Gasteiger partial charge in [-0.25, -0.2) is 4.39 Å². The van der Waals surface area contributed by atoms with Crippen LogP contribution in [0.25, 0.3) is 0 Å². The monoisotopic (exact) mass is 340 g/mol. The third kappa shape index (κ3) is 3.42. The number of halogens is 1. The lowest BCUT2D eigenvalue weighted by molar-refractivity contribution is -0.121. The van der Waals surface area contributed by atoms with E-state index < -0.39 is 0 Å². The minimum Gasteiger partial charge on any atom is -0.350 e. The first-order valence-electron chi connectivity index (χ1n) is 7.97. The third-order valence-corrected chi connectivity index (χ3v) is 4.19. The summed E-state index contributed by atoms with van der Waals surface area (Å²) in [5, 5.41) is 2.78. The Labute approximate surface area is 144 Å². The van der Waals surface area contributed by atoms with Crippen molar-refractivity contribution in [1.82, 2.24) is 10.2 Å². The molecule has 1 atom stereocenters. The Hall–Kier alpha value is -3.02. The van der Waals surface area contributed by atoms with E-state index in [0.29, 0.717) is 11.1 Å². The van der Waals surface area contributed by atoms with Gasteiger partial charge in [0, 0.05) is 13.0 Å². The van der Waals surface area contributed by atoms with Crippen LogP contribution in [0.1, 0.15) is 45.7 Å². The highest BCUT2D eigenvalue weighted by Gasteiger charge is 2.34. The molecule has 2 aromatic rings. The zero-order chi connectivity index (χ0) is 18.0. The van der Waals surface area contributed by atoms with Crippen LogP contribution in [0.3, 0.4) is 0 Å². The number of nitrogens with one attached hydrogen (secondary N) is 1. The van der Waals surface area contributed by atoms with Crippen LogP contribution in [-0.4, -0.2) is 29.2 Å². The number of carbonyl (C=O) groups is 3. The SMILES string of the molecule is CC(NC(=O)CCN1C(=O)c2ccccc2C1=O)c1ccc(F)cc1. The fourth-order valence-corrected chi connectivity index (χ4v) is 2.80. The number of carbonyl (C=O) groups excluding carboxylic acids is 3. The quantitative estimate of drug-likeness (QED) is 0.851. The number of benzene rings is 2. The molecule has 0 radical (unpaired) electrons. The maximum Gasteiger partial charge on any atom is 0.261 e. The smallest absolute Gasteiger partial charge is 0.261 e. The second-order valence-corrected chi connectivity index (χ2v) is 5.90. The lowest BCUT2D eigenvalue weighted by Gasteiger charge is -2.17. The van der Waals surface area contributed by atoms with Crippen LogP contribution in [0.2, 0.25) is 0 Å². The van der Waals surface area contributed by atoms with Gasteiger partial charge in [0.2, 0.25) is 5.91 Å². The molecule has 1 N–H and O–H groups in total. The van der Waals surface area contributed by atoms with Gasteiger partial charge in [0.1, 0.15) is 5.82 Å². The summed E-state index contributed by atoms with van der Waals surface area (Å²) < 4.78 is 12.9. The van der Waals surface area contributed by atoms with Gasteiger partial charge in [0.05, 0.1) is 17.2 Å². The molecule has 128 valence electrons. The normalized spacial score (nSPS) is 14.4. The van der Waals surface area contributed by atoms with Gasteiger partial charge in [-0.3, -0.25) is 19.3 Å². The molecule has 0 aliphatic carbocycles. The predicted molar refractivity (Wildman–Crippen MR) is 89.4 cm³/mol. The van der Waals surface area contributed by atoms with Crippen molar-refractivity contribution < 1.29 is 18.8 Å². The van der Waals surface area contributed by atoms with E-state index in [2.05, 4.69) is 5.32 Å². The molecule has 0 bridgehead atoms. The molecular weight excluding hydrogens is 323 g/mol. The fourth-order valence-electron chi connectivity index (χ4n) is 2.80. The topological polar surface area (TPSA) is 66.5 Å². The second-order valence-electron chi connectivity index (χ2n) is 5.90. The summed E-state index contributed by atoms with van der Waals surface area (Å²) in [7, 11) is 0. The Morgan fingerprint density at radius 2 is 1.60 bits per heavy atom. The summed E-state index contributed by atoms with van der Waals surface area (Å²) >= 11 is 0. The van der Waals surface area contributed by atoms with Gasteiger partial charge in [-0.15, -0.1) is 0 Å². The number of nitrogens with zero attached hydrogens (tertiary/aromatic N) is 1. The lowest BCUT2D eigenvalue weighted by atomic mass is 10.1. The van der Waals surface area contributed by atoms with Crippen LogP contribution in [0.4, 0.5) is 4.39 Å². The van der Waals surface area contributed by atoms with Gasteiger partial charge in [0.25, 0.3) is 11.8 Å². The van der Waals surface area contributed by atoms with Crippen LogP contribution in [0.5, 0.6) is 0 Å². The molecule has 25 heavy (non-hydrogen) atoms. The molecule has 0 fully saturated rings. The van der Waals surface area contributed by atoms with Gasteiger partial charge in [0.15, 0.2) is 0 Å². The van der Waals surface area contributed by atoms with E-state index in [0.717, 1.165) is 10.5 Å². The number of fused-ring (bicyclic) bond motifs is 1. The number of hydrogen-bond acceptors (Lipinski definition) is 3. The Morgan fingerprint density at radius 3 is 2.16 bits per heavy atom. The number of imide groups is 1. The highest BCUT2D eigenvalue weighted by molar-refractivity contribution is 6.21. The Bertz CT molecular complexity index is 798. The lowest BCUT2D eigenvalue weighted by Crippen LogP contribution is -2.35. The molecule has 0 aromatic heterocycles. The van der Waals surface area contributed by atoms with Crippen molar-refractivity contribution in [1.29, 1.82) is 0 Å². The van der Waals surface area contributed by atoms with Crippen molar-refractivity contribution in [2.45, 2.75) is 19.4 Å². The van der Waals surface area contributed by atoms with E-state index in [4.69, 9.17) is 0 Å². The van der Waals surface area contributed by atoms with Gasteiger partial charge >= 0.3 is 0 Å². The first-order chi connectivity index (χ1) is 12.0. The number of hydrogen-bond donors (Lipinski definition) is 1. The number of rotatable bonds is 5. The minimum atomic E-state index is -0.375. The summed E-state index contributed by atoms with van der Waals surface area (Å²) in [6.45, 7) is 1.81. The van der Waals surface area contributed by atoms with Crippen LogP contribution in [0, 0.1) is 5.82 Å². The first-order valence-corrected chi connectivity index (χ1v) is 7.97. The maximum atomic E-state index is 12.9. The molecule has 5 nitrogen and oxygen atoms in total. The van der Waals surface area contributed by atoms with Crippen molar-refractivity contribution in [3.05, 3.63) is 71.0 Å². The van der Waals surface area contributed by atoms with Gasteiger partial charge in [-0.2, -0.15) is 0 Å². The van der Waals surface area contributed by atoms with E-state index in [9.17, 15) is 18.8 Å². The molecule has 6 heteroatoms. The first kappa shape index (κ1) is 16.8. The summed E-state index contributed by atoms with van der Waals surface area (Å²) in [4.78, 5) is 37.7. The molecule has 1 unspecified atom stereocenters. The van der Waals surface area contributed by atoms with Gasteiger partial charge in [-0.1, -0.05) is 24.3 Å². The van der Waals surface area contributed by atoms with Crippen LogP contribution >= 0.6 is 0 Å². The molecule has 1 aliphatic heterocycles. The predicted octanol–water partition coefficient (Wildman–Crippen LogP) is 2.69. The Kier molecular flexibility index (Phi) is 4.61. The van der Waals surface area contributed by atoms with Crippen LogP contribution < -0.4 is 5.32 Å². The molecule has 1 aliphatic rings. The van der Waals surface area contributed by atoms with Crippen molar-refractivity contribution in [3.8, 4) is 0 Å². The Morgan fingerprint density at radius 1 is 1.04 bits per heavy atom. The standard InChI is InChI=1S/C19H17FN2O3/c1-12(13-6-8-14(20)9-7-13)21-17(23)10-11-22-18(24)15-4-2-3-5-16(15)19(22)25/h2-9,12H,10-11H2,1H3,(H,21,23). The zero-order valence-electron chi connectivity index (χ0n) is 13.7. The van der Waals surface area contributed by atoms with E-state index in [1.165, 1.54) is 12.1 Å². The minimum absolute atomic E-state index is 0.0109. The highest BCUT2D eigenvalue weighted by atomic mass is 19.1. The van der Waals surface area contributed by atoms with E-state index in [-0.39, 0.29) is 42.5 Å². The fraction of sp³-hybridized carbons (Fsp3) is 0.211. The van der Waals surface area contributed by atoms with E-state index in [1.807, 2.05) is 0 Å². The van der Waals surface area contributed by atoms with Crippen LogP contribution in [-0.2, 0) is 4.79 Å². The molecule has 0 saturated heterocycles. The molecule has 3 rings (SSSR count). The number of amides is 3. The molecule has 2 aromatic carbocycles. The summed E-state index contributed by atoms with van der Waals surface area (Å²) in [6, 6.07) is 12.2.